The second-order valence-electron chi connectivity index (χ2n) is 9.03. The van der Waals surface area contributed by atoms with E-state index in [9.17, 15) is 9.59 Å². The van der Waals surface area contributed by atoms with Crippen LogP contribution in [-0.4, -0.2) is 68.1 Å². The number of likely N-dealkylation sites (tertiary alicyclic amines) is 1. The van der Waals surface area contributed by atoms with Crippen LogP contribution in [0.3, 0.4) is 0 Å². The molecular weight excluding hydrogens is 380 g/mol. The van der Waals surface area contributed by atoms with Crippen molar-refractivity contribution in [3.63, 3.8) is 0 Å². The van der Waals surface area contributed by atoms with Crippen molar-refractivity contribution in [2.24, 2.45) is 11.3 Å². The molecule has 1 aromatic carbocycles. The van der Waals surface area contributed by atoms with E-state index >= 15 is 0 Å². The highest BCUT2D eigenvalue weighted by molar-refractivity contribution is 5.77. The quantitative estimate of drug-likeness (QED) is 0.718. The third-order valence-electron chi connectivity index (χ3n) is 7.52. The van der Waals surface area contributed by atoms with Gasteiger partial charge in [0.2, 0.25) is 11.8 Å². The van der Waals surface area contributed by atoms with Crippen molar-refractivity contribution in [3.8, 4) is 5.75 Å². The smallest absolute Gasteiger partial charge is 0.223 e. The molecule has 1 atom stereocenters. The number of benzene rings is 1. The molecule has 0 N–H and O–H groups in total. The topological polar surface area (TPSA) is 59.1 Å². The van der Waals surface area contributed by atoms with E-state index in [1.807, 2.05) is 34.1 Å². The van der Waals surface area contributed by atoms with Crippen molar-refractivity contribution in [1.82, 2.24) is 9.80 Å². The first-order valence-electron chi connectivity index (χ1n) is 11.4. The maximum absolute atomic E-state index is 12.7. The molecule has 1 saturated carbocycles. The van der Waals surface area contributed by atoms with Gasteiger partial charge in [0.15, 0.2) is 0 Å². The van der Waals surface area contributed by atoms with E-state index in [0.29, 0.717) is 37.9 Å². The zero-order valence-electron chi connectivity index (χ0n) is 18.1. The number of methoxy groups -OCH3 is 1. The van der Waals surface area contributed by atoms with Crippen LogP contribution in [0, 0.1) is 11.3 Å². The Bertz CT molecular complexity index is 751. The summed E-state index contributed by atoms with van der Waals surface area (Å²) >= 11 is 0. The summed E-state index contributed by atoms with van der Waals surface area (Å²) in [5.74, 6) is 1.86. The summed E-state index contributed by atoms with van der Waals surface area (Å²) in [7, 11) is 1.66. The van der Waals surface area contributed by atoms with Gasteiger partial charge in [-0.3, -0.25) is 9.59 Å². The van der Waals surface area contributed by atoms with Gasteiger partial charge in [0.1, 0.15) is 5.75 Å². The van der Waals surface area contributed by atoms with E-state index in [-0.39, 0.29) is 11.3 Å². The van der Waals surface area contributed by atoms with Crippen LogP contribution in [0.1, 0.15) is 44.1 Å². The SMILES string of the molecule is COc1cccc(CCC(=O)N2CCC3(CCC3CC(=O)N3CCOCC3)CC2)c1. The Kier molecular flexibility index (Phi) is 6.61. The van der Waals surface area contributed by atoms with Crippen molar-refractivity contribution < 1.29 is 19.1 Å². The number of aryl methyl sites for hydroxylation is 1. The van der Waals surface area contributed by atoms with Gasteiger partial charge in [-0.2, -0.15) is 0 Å². The van der Waals surface area contributed by atoms with Crippen LogP contribution < -0.4 is 4.74 Å². The van der Waals surface area contributed by atoms with Crippen molar-refractivity contribution in [3.05, 3.63) is 29.8 Å². The molecule has 30 heavy (non-hydrogen) atoms. The average Bonchev–Trinajstić information content (AvgIpc) is 2.81. The number of nitrogens with zero attached hydrogens (tertiary/aromatic N) is 2. The zero-order chi connectivity index (χ0) is 21.0. The van der Waals surface area contributed by atoms with Crippen LogP contribution in [0.15, 0.2) is 24.3 Å². The molecule has 0 radical (unpaired) electrons. The lowest BCUT2D eigenvalue weighted by atomic mass is 9.54. The number of hydrogen-bond acceptors (Lipinski definition) is 4. The van der Waals surface area contributed by atoms with Crippen LogP contribution in [-0.2, 0) is 20.7 Å². The first-order chi connectivity index (χ1) is 14.6. The van der Waals surface area contributed by atoms with Crippen molar-refractivity contribution in [2.45, 2.75) is 44.9 Å². The Hall–Kier alpha value is -2.08. The lowest BCUT2D eigenvalue weighted by Crippen LogP contribution is -2.52. The summed E-state index contributed by atoms with van der Waals surface area (Å²) in [5, 5.41) is 0. The molecule has 3 fully saturated rings. The van der Waals surface area contributed by atoms with Gasteiger partial charge in [-0.15, -0.1) is 0 Å². The summed E-state index contributed by atoms with van der Waals surface area (Å²) in [5.41, 5.74) is 1.42. The molecule has 6 nitrogen and oxygen atoms in total. The second kappa shape index (κ2) is 9.38. The van der Waals surface area contributed by atoms with Gasteiger partial charge in [-0.25, -0.2) is 0 Å². The monoisotopic (exact) mass is 414 g/mol. The fourth-order valence-electron chi connectivity index (χ4n) is 5.32. The summed E-state index contributed by atoms with van der Waals surface area (Å²) in [6.07, 6.45) is 6.40. The second-order valence-corrected chi connectivity index (χ2v) is 9.03. The standard InChI is InChI=1S/C24H34N2O4/c1-29-21-4-2-3-19(17-21)5-6-22(27)25-11-9-24(10-12-25)8-7-20(24)18-23(28)26-13-15-30-16-14-26/h2-4,17,20H,5-16,18H2,1H3. The summed E-state index contributed by atoms with van der Waals surface area (Å²) in [6.45, 7) is 4.45. The molecule has 0 aromatic heterocycles. The predicted molar refractivity (Wildman–Crippen MR) is 114 cm³/mol. The number of morpholine rings is 1. The fourth-order valence-corrected chi connectivity index (χ4v) is 5.32. The number of carbonyl (C=O) groups excluding carboxylic acids is 2. The molecule has 2 aliphatic heterocycles. The van der Waals surface area contributed by atoms with E-state index in [2.05, 4.69) is 0 Å². The van der Waals surface area contributed by atoms with Gasteiger partial charge in [0.05, 0.1) is 20.3 Å². The molecule has 6 heteroatoms. The summed E-state index contributed by atoms with van der Waals surface area (Å²) in [6, 6.07) is 7.95. The molecule has 164 valence electrons. The Balaban J connectivity index is 1.23. The Morgan fingerprint density at radius 1 is 1.07 bits per heavy atom. The number of amides is 2. The minimum absolute atomic E-state index is 0.243. The van der Waals surface area contributed by atoms with E-state index in [4.69, 9.17) is 9.47 Å². The fraction of sp³-hybridized carbons (Fsp3) is 0.667. The minimum atomic E-state index is 0.243. The maximum Gasteiger partial charge on any atom is 0.223 e. The third kappa shape index (κ3) is 4.64. The minimum Gasteiger partial charge on any atom is -0.497 e. The number of carbonyl (C=O) groups is 2. The Labute approximate surface area is 179 Å². The predicted octanol–water partition coefficient (Wildman–Crippen LogP) is 2.90. The van der Waals surface area contributed by atoms with E-state index in [1.54, 1.807) is 7.11 Å². The molecule has 1 unspecified atom stereocenters. The van der Waals surface area contributed by atoms with Crippen LogP contribution in [0.2, 0.25) is 0 Å². The molecule has 2 heterocycles. The molecule has 1 aliphatic carbocycles. The lowest BCUT2D eigenvalue weighted by Gasteiger charge is -2.54. The normalized spacial score (nSPS) is 23.2. The van der Waals surface area contributed by atoms with Gasteiger partial charge >= 0.3 is 0 Å². The van der Waals surface area contributed by atoms with Gasteiger partial charge in [0.25, 0.3) is 0 Å². The highest BCUT2D eigenvalue weighted by atomic mass is 16.5. The van der Waals surface area contributed by atoms with Gasteiger partial charge in [-0.1, -0.05) is 12.1 Å². The number of rotatable bonds is 6. The third-order valence-corrected chi connectivity index (χ3v) is 7.52. The van der Waals surface area contributed by atoms with Crippen LogP contribution in [0.4, 0.5) is 0 Å². The highest BCUT2D eigenvalue weighted by Crippen LogP contribution is 2.55. The first kappa shape index (κ1) is 21.2. The molecule has 2 saturated heterocycles. The van der Waals surface area contributed by atoms with Gasteiger partial charge in [0, 0.05) is 39.0 Å². The van der Waals surface area contributed by atoms with Crippen molar-refractivity contribution in [1.29, 1.82) is 0 Å². The Morgan fingerprint density at radius 2 is 1.80 bits per heavy atom. The first-order valence-corrected chi connectivity index (χ1v) is 11.4. The molecular formula is C24H34N2O4. The molecule has 1 aromatic rings. The highest BCUT2D eigenvalue weighted by Gasteiger charge is 2.49. The number of hydrogen-bond donors (Lipinski definition) is 0. The van der Waals surface area contributed by atoms with Gasteiger partial charge in [-0.05, 0) is 61.1 Å². The zero-order valence-corrected chi connectivity index (χ0v) is 18.1. The lowest BCUT2D eigenvalue weighted by molar-refractivity contribution is -0.144. The number of piperidine rings is 1. The van der Waals surface area contributed by atoms with Crippen molar-refractivity contribution >= 4 is 11.8 Å². The van der Waals surface area contributed by atoms with Gasteiger partial charge < -0.3 is 19.3 Å². The maximum atomic E-state index is 12.7. The van der Waals surface area contributed by atoms with Crippen LogP contribution in [0.25, 0.3) is 0 Å². The van der Waals surface area contributed by atoms with E-state index in [0.717, 1.165) is 63.2 Å². The molecule has 0 bridgehead atoms. The van der Waals surface area contributed by atoms with Crippen LogP contribution >= 0.6 is 0 Å². The average molecular weight is 415 g/mol. The molecule has 3 aliphatic rings. The number of ether oxygens (including phenoxy) is 2. The summed E-state index contributed by atoms with van der Waals surface area (Å²) in [4.78, 5) is 29.4. The summed E-state index contributed by atoms with van der Waals surface area (Å²) < 4.78 is 10.6. The molecule has 4 rings (SSSR count). The molecule has 2 amide bonds. The van der Waals surface area contributed by atoms with Crippen molar-refractivity contribution in [2.75, 3.05) is 46.5 Å². The van der Waals surface area contributed by atoms with E-state index in [1.165, 1.54) is 6.42 Å². The van der Waals surface area contributed by atoms with E-state index < -0.39 is 0 Å². The Morgan fingerprint density at radius 3 is 2.47 bits per heavy atom. The molecule has 1 spiro atoms. The largest absolute Gasteiger partial charge is 0.497 e. The van der Waals surface area contributed by atoms with Crippen LogP contribution in [0.5, 0.6) is 5.75 Å².